The van der Waals surface area contributed by atoms with Gasteiger partial charge in [0.2, 0.25) is 5.91 Å². The van der Waals surface area contributed by atoms with Gasteiger partial charge < -0.3 is 14.8 Å². The number of carbonyl (C=O) groups excluding carboxylic acids is 1. The Hall–Kier alpha value is -1.71. The van der Waals surface area contributed by atoms with Crippen molar-refractivity contribution < 1.29 is 14.3 Å². The Kier molecular flexibility index (Phi) is 4.62. The molecule has 1 amide bonds. The van der Waals surface area contributed by atoms with Crippen molar-refractivity contribution in [3.8, 4) is 11.5 Å². The van der Waals surface area contributed by atoms with E-state index in [-0.39, 0.29) is 11.9 Å². The predicted molar refractivity (Wildman–Crippen MR) is 101 cm³/mol. The SMILES string of the molecule is COc1ccc(OC)c(CC(=O)N[C@H](C)C23CC4CC(CC(C4)C2)C3)c1. The lowest BCUT2D eigenvalue weighted by molar-refractivity contribution is -0.125. The van der Waals surface area contributed by atoms with Crippen LogP contribution in [0.4, 0.5) is 0 Å². The van der Waals surface area contributed by atoms with Crippen LogP contribution in [0.2, 0.25) is 0 Å². The van der Waals surface area contributed by atoms with Gasteiger partial charge in [-0.3, -0.25) is 4.79 Å². The number of ether oxygens (including phenoxy) is 2. The van der Waals surface area contributed by atoms with Crippen molar-refractivity contribution in [3.63, 3.8) is 0 Å². The number of hydrogen-bond acceptors (Lipinski definition) is 3. The van der Waals surface area contributed by atoms with Crippen LogP contribution >= 0.6 is 0 Å². The lowest BCUT2D eigenvalue weighted by atomic mass is 9.48. The van der Waals surface area contributed by atoms with Crippen LogP contribution in [0.25, 0.3) is 0 Å². The van der Waals surface area contributed by atoms with Crippen LogP contribution in [0.1, 0.15) is 51.0 Å². The first-order chi connectivity index (χ1) is 12.5. The number of benzene rings is 1. The van der Waals surface area contributed by atoms with E-state index in [1.807, 2.05) is 18.2 Å². The van der Waals surface area contributed by atoms with E-state index in [9.17, 15) is 4.79 Å². The summed E-state index contributed by atoms with van der Waals surface area (Å²) in [7, 11) is 3.28. The van der Waals surface area contributed by atoms with Gasteiger partial charge >= 0.3 is 0 Å². The van der Waals surface area contributed by atoms with Gasteiger partial charge in [0.05, 0.1) is 20.6 Å². The van der Waals surface area contributed by atoms with Crippen molar-refractivity contribution in [2.75, 3.05) is 14.2 Å². The predicted octanol–water partition coefficient (Wildman–Crippen LogP) is 3.97. The Morgan fingerprint density at radius 2 is 1.73 bits per heavy atom. The zero-order valence-electron chi connectivity index (χ0n) is 16.2. The zero-order valence-corrected chi connectivity index (χ0v) is 16.2. The Morgan fingerprint density at radius 3 is 2.27 bits per heavy atom. The highest BCUT2D eigenvalue weighted by Gasteiger charge is 2.53. The monoisotopic (exact) mass is 357 g/mol. The summed E-state index contributed by atoms with van der Waals surface area (Å²) in [6.45, 7) is 2.23. The summed E-state index contributed by atoms with van der Waals surface area (Å²) in [6.07, 6.45) is 8.55. The molecule has 1 aromatic carbocycles. The van der Waals surface area contributed by atoms with E-state index in [1.54, 1.807) is 14.2 Å². The number of nitrogens with one attached hydrogen (secondary N) is 1. The van der Waals surface area contributed by atoms with Crippen LogP contribution in [-0.4, -0.2) is 26.2 Å². The number of methoxy groups -OCH3 is 2. The molecule has 142 valence electrons. The summed E-state index contributed by atoms with van der Waals surface area (Å²) in [5.74, 6) is 4.28. The molecule has 1 N–H and O–H groups in total. The molecule has 4 bridgehead atoms. The molecule has 0 heterocycles. The fraction of sp³-hybridized carbons (Fsp3) is 0.682. The maximum absolute atomic E-state index is 12.8. The molecule has 0 saturated heterocycles. The fourth-order valence-corrected chi connectivity index (χ4v) is 6.35. The fourth-order valence-electron chi connectivity index (χ4n) is 6.35. The first kappa shape index (κ1) is 17.7. The van der Waals surface area contributed by atoms with Gasteiger partial charge in [-0.15, -0.1) is 0 Å². The van der Waals surface area contributed by atoms with Gasteiger partial charge in [0, 0.05) is 11.6 Å². The Balaban J connectivity index is 1.44. The van der Waals surface area contributed by atoms with Crippen molar-refractivity contribution in [3.05, 3.63) is 23.8 Å². The van der Waals surface area contributed by atoms with E-state index < -0.39 is 0 Å². The van der Waals surface area contributed by atoms with Gasteiger partial charge in [-0.25, -0.2) is 0 Å². The van der Waals surface area contributed by atoms with E-state index in [4.69, 9.17) is 9.47 Å². The van der Waals surface area contributed by atoms with E-state index in [0.717, 1.165) is 34.8 Å². The molecule has 0 radical (unpaired) electrons. The molecule has 4 fully saturated rings. The first-order valence-corrected chi connectivity index (χ1v) is 10.0. The lowest BCUT2D eigenvalue weighted by Gasteiger charge is -2.59. The van der Waals surface area contributed by atoms with E-state index in [1.165, 1.54) is 38.5 Å². The number of amides is 1. The first-order valence-electron chi connectivity index (χ1n) is 10.0. The van der Waals surface area contributed by atoms with Gasteiger partial charge in [-0.1, -0.05) is 0 Å². The molecule has 0 unspecified atom stereocenters. The lowest BCUT2D eigenvalue weighted by Crippen LogP contribution is -2.56. The van der Waals surface area contributed by atoms with Crippen LogP contribution in [0, 0.1) is 23.2 Å². The maximum Gasteiger partial charge on any atom is 0.224 e. The topological polar surface area (TPSA) is 47.6 Å². The minimum Gasteiger partial charge on any atom is -0.497 e. The molecular formula is C22H31NO3. The third-order valence-corrected chi connectivity index (χ3v) is 7.22. The molecule has 1 aromatic rings. The number of carbonyl (C=O) groups is 1. The summed E-state index contributed by atoms with van der Waals surface area (Å²) in [5, 5.41) is 3.34. The van der Waals surface area contributed by atoms with Crippen molar-refractivity contribution >= 4 is 5.91 Å². The minimum atomic E-state index is 0.0831. The Labute approximate surface area is 156 Å². The zero-order chi connectivity index (χ0) is 18.3. The summed E-state index contributed by atoms with van der Waals surface area (Å²) in [6, 6.07) is 5.87. The second-order valence-corrected chi connectivity index (χ2v) is 8.92. The summed E-state index contributed by atoms with van der Waals surface area (Å²) < 4.78 is 10.7. The molecule has 0 aliphatic heterocycles. The van der Waals surface area contributed by atoms with E-state index in [0.29, 0.717) is 11.8 Å². The smallest absolute Gasteiger partial charge is 0.224 e. The van der Waals surface area contributed by atoms with Crippen LogP contribution in [-0.2, 0) is 11.2 Å². The second kappa shape index (κ2) is 6.79. The third kappa shape index (κ3) is 3.19. The van der Waals surface area contributed by atoms with Crippen molar-refractivity contribution in [1.82, 2.24) is 5.32 Å². The summed E-state index contributed by atoms with van der Waals surface area (Å²) >= 11 is 0. The van der Waals surface area contributed by atoms with E-state index in [2.05, 4.69) is 12.2 Å². The average molecular weight is 357 g/mol. The van der Waals surface area contributed by atoms with Crippen LogP contribution < -0.4 is 14.8 Å². The quantitative estimate of drug-likeness (QED) is 0.838. The second-order valence-electron chi connectivity index (χ2n) is 8.92. The largest absolute Gasteiger partial charge is 0.497 e. The highest BCUT2D eigenvalue weighted by Crippen LogP contribution is 2.61. The van der Waals surface area contributed by atoms with Gasteiger partial charge in [0.1, 0.15) is 11.5 Å². The third-order valence-electron chi connectivity index (χ3n) is 7.22. The molecule has 1 atom stereocenters. The van der Waals surface area contributed by atoms with Gasteiger partial charge in [0.15, 0.2) is 0 Å². The Morgan fingerprint density at radius 1 is 1.12 bits per heavy atom. The Bertz CT molecular complexity index is 649. The highest BCUT2D eigenvalue weighted by molar-refractivity contribution is 5.79. The van der Waals surface area contributed by atoms with Crippen LogP contribution in [0.15, 0.2) is 18.2 Å². The van der Waals surface area contributed by atoms with Gasteiger partial charge in [-0.2, -0.15) is 0 Å². The molecule has 4 aliphatic carbocycles. The highest BCUT2D eigenvalue weighted by atomic mass is 16.5. The molecular weight excluding hydrogens is 326 g/mol. The standard InChI is InChI=1S/C22H31NO3/c1-14(22-11-15-6-16(12-22)8-17(7-15)13-22)23-21(24)10-18-9-19(25-2)4-5-20(18)26-3/h4-5,9,14-17H,6-8,10-13H2,1-3H3,(H,23,24)/t14-,15?,16?,17?,22?/m1/s1. The van der Waals surface area contributed by atoms with Crippen molar-refractivity contribution in [2.24, 2.45) is 23.2 Å². The molecule has 5 rings (SSSR count). The number of rotatable bonds is 6. The molecule has 4 nitrogen and oxygen atoms in total. The molecule has 4 aliphatic rings. The molecule has 26 heavy (non-hydrogen) atoms. The summed E-state index contributed by atoms with van der Waals surface area (Å²) in [5.41, 5.74) is 1.21. The van der Waals surface area contributed by atoms with Crippen molar-refractivity contribution in [1.29, 1.82) is 0 Å². The average Bonchev–Trinajstić information content (AvgIpc) is 2.60. The van der Waals surface area contributed by atoms with Crippen molar-refractivity contribution in [2.45, 2.75) is 57.9 Å². The van der Waals surface area contributed by atoms with Crippen LogP contribution in [0.5, 0.6) is 11.5 Å². The van der Waals surface area contributed by atoms with Gasteiger partial charge in [0.25, 0.3) is 0 Å². The number of hydrogen-bond donors (Lipinski definition) is 1. The van der Waals surface area contributed by atoms with Crippen LogP contribution in [0.3, 0.4) is 0 Å². The molecule has 0 spiro atoms. The molecule has 0 aromatic heterocycles. The molecule has 4 saturated carbocycles. The normalized spacial score (nSPS) is 33.0. The van der Waals surface area contributed by atoms with Gasteiger partial charge in [-0.05, 0) is 86.8 Å². The molecule has 4 heteroatoms. The maximum atomic E-state index is 12.8. The van der Waals surface area contributed by atoms with E-state index >= 15 is 0 Å². The summed E-state index contributed by atoms with van der Waals surface area (Å²) in [4.78, 5) is 12.8. The minimum absolute atomic E-state index is 0.0831.